The molecule has 1 saturated heterocycles. The fraction of sp³-hybridized carbons (Fsp3) is 0.538. The van der Waals surface area contributed by atoms with Crippen molar-refractivity contribution in [2.75, 3.05) is 25.4 Å². The van der Waals surface area contributed by atoms with Gasteiger partial charge >= 0.3 is 5.97 Å². The largest absolute Gasteiger partial charge is 0.452 e. The number of nitrogen functional groups attached to an aromatic ring is 1. The Balaban J connectivity index is 1.86. The van der Waals surface area contributed by atoms with Gasteiger partial charge in [-0.1, -0.05) is 0 Å². The van der Waals surface area contributed by atoms with E-state index in [9.17, 15) is 9.59 Å². The molecule has 1 amide bonds. The van der Waals surface area contributed by atoms with Crippen LogP contribution >= 0.6 is 11.3 Å². The van der Waals surface area contributed by atoms with Gasteiger partial charge in [-0.25, -0.2) is 4.79 Å². The lowest BCUT2D eigenvalue weighted by Gasteiger charge is -2.26. The van der Waals surface area contributed by atoms with E-state index in [1.165, 1.54) is 11.3 Å². The van der Waals surface area contributed by atoms with Crippen LogP contribution in [0.5, 0.6) is 0 Å². The molecule has 0 aliphatic carbocycles. The number of rotatable bonds is 3. The third kappa shape index (κ3) is 3.47. The monoisotopic (exact) mass is 282 g/mol. The van der Waals surface area contributed by atoms with E-state index in [2.05, 4.69) is 0 Å². The molecule has 1 aliphatic heterocycles. The van der Waals surface area contributed by atoms with Crippen molar-refractivity contribution >= 4 is 28.2 Å². The summed E-state index contributed by atoms with van der Waals surface area (Å²) in [6, 6.07) is 1.69. The summed E-state index contributed by atoms with van der Waals surface area (Å²) >= 11 is 1.34. The normalized spacial score (nSPS) is 15.3. The molecule has 0 bridgehead atoms. The number of likely N-dealkylation sites (tertiary alicyclic amines) is 1. The second-order valence-electron chi connectivity index (χ2n) is 4.65. The highest BCUT2D eigenvalue weighted by Gasteiger charge is 2.20. The standard InChI is InChI=1S/C13H18N2O3S/c1-9-7-10(12(14)19-9)13(17)18-8-11(16)15-5-3-2-4-6-15/h7H,2-6,8,14H2,1H3. The Bertz CT molecular complexity index is 478. The minimum atomic E-state index is -0.521. The van der Waals surface area contributed by atoms with Crippen LogP contribution in [0.25, 0.3) is 0 Å². The number of amides is 1. The highest BCUT2D eigenvalue weighted by atomic mass is 32.1. The Morgan fingerprint density at radius 3 is 2.63 bits per heavy atom. The number of carbonyl (C=O) groups excluding carboxylic acids is 2. The number of esters is 1. The van der Waals surface area contributed by atoms with Gasteiger partial charge in [0.25, 0.3) is 5.91 Å². The maximum Gasteiger partial charge on any atom is 0.341 e. The molecule has 5 nitrogen and oxygen atoms in total. The Kier molecular flexibility index (Phi) is 4.42. The fourth-order valence-electron chi connectivity index (χ4n) is 2.13. The molecule has 1 aromatic rings. The van der Waals surface area contributed by atoms with Crippen LogP contribution in [0.4, 0.5) is 5.00 Å². The average molecular weight is 282 g/mol. The summed E-state index contributed by atoms with van der Waals surface area (Å²) in [5.41, 5.74) is 6.07. The van der Waals surface area contributed by atoms with Gasteiger partial charge in [0.15, 0.2) is 6.61 Å². The highest BCUT2D eigenvalue weighted by molar-refractivity contribution is 7.16. The number of nitrogens with zero attached hydrogens (tertiary/aromatic N) is 1. The van der Waals surface area contributed by atoms with Crippen LogP contribution in [-0.2, 0) is 9.53 Å². The first-order chi connectivity index (χ1) is 9.08. The second-order valence-corrected chi connectivity index (χ2v) is 5.94. The molecule has 1 aliphatic rings. The lowest BCUT2D eigenvalue weighted by molar-refractivity contribution is -0.135. The molecule has 2 rings (SSSR count). The quantitative estimate of drug-likeness (QED) is 0.858. The van der Waals surface area contributed by atoms with E-state index in [-0.39, 0.29) is 12.5 Å². The Labute approximate surface area is 116 Å². The molecule has 2 heterocycles. The van der Waals surface area contributed by atoms with Crippen molar-refractivity contribution in [3.8, 4) is 0 Å². The first kappa shape index (κ1) is 13.9. The van der Waals surface area contributed by atoms with Crippen molar-refractivity contribution in [2.24, 2.45) is 0 Å². The molecule has 2 N–H and O–H groups in total. The average Bonchev–Trinajstić information content (AvgIpc) is 2.75. The number of ether oxygens (including phenoxy) is 1. The maximum absolute atomic E-state index is 11.8. The molecule has 0 atom stereocenters. The van der Waals surface area contributed by atoms with Gasteiger partial charge in [0.05, 0.1) is 5.56 Å². The number of anilines is 1. The summed E-state index contributed by atoms with van der Waals surface area (Å²) in [6.07, 6.45) is 3.21. The van der Waals surface area contributed by atoms with Gasteiger partial charge in [0.1, 0.15) is 5.00 Å². The van der Waals surface area contributed by atoms with Crippen LogP contribution < -0.4 is 5.73 Å². The number of piperidine rings is 1. The lowest BCUT2D eigenvalue weighted by atomic mass is 10.1. The van der Waals surface area contributed by atoms with Crippen molar-refractivity contribution in [1.29, 1.82) is 0 Å². The number of hydrogen-bond acceptors (Lipinski definition) is 5. The van der Waals surface area contributed by atoms with Gasteiger partial charge in [-0.3, -0.25) is 4.79 Å². The van der Waals surface area contributed by atoms with E-state index in [4.69, 9.17) is 10.5 Å². The zero-order valence-electron chi connectivity index (χ0n) is 11.0. The lowest BCUT2D eigenvalue weighted by Crippen LogP contribution is -2.38. The van der Waals surface area contributed by atoms with Crippen molar-refractivity contribution < 1.29 is 14.3 Å². The van der Waals surface area contributed by atoms with E-state index in [1.54, 1.807) is 11.0 Å². The Morgan fingerprint density at radius 2 is 2.05 bits per heavy atom. The molecule has 0 spiro atoms. The maximum atomic E-state index is 11.8. The van der Waals surface area contributed by atoms with E-state index < -0.39 is 5.97 Å². The molecule has 104 valence electrons. The van der Waals surface area contributed by atoms with Gasteiger partial charge in [-0.15, -0.1) is 11.3 Å². The van der Waals surface area contributed by atoms with Gasteiger partial charge < -0.3 is 15.4 Å². The van der Waals surface area contributed by atoms with Crippen LogP contribution in [-0.4, -0.2) is 36.5 Å². The van der Waals surface area contributed by atoms with E-state index in [0.29, 0.717) is 10.6 Å². The van der Waals surface area contributed by atoms with Gasteiger partial charge in [-0.05, 0) is 32.3 Å². The summed E-state index contributed by atoms with van der Waals surface area (Å²) in [7, 11) is 0. The first-order valence-corrected chi connectivity index (χ1v) is 7.20. The molecule has 1 aromatic heterocycles. The van der Waals surface area contributed by atoms with Crippen LogP contribution in [0.2, 0.25) is 0 Å². The van der Waals surface area contributed by atoms with Gasteiger partial charge in [0.2, 0.25) is 0 Å². The molecule has 1 fully saturated rings. The minimum absolute atomic E-state index is 0.126. The van der Waals surface area contributed by atoms with Crippen LogP contribution in [0.15, 0.2) is 6.07 Å². The van der Waals surface area contributed by atoms with E-state index >= 15 is 0 Å². The van der Waals surface area contributed by atoms with Crippen LogP contribution in [0.3, 0.4) is 0 Å². The summed E-state index contributed by atoms with van der Waals surface area (Å²) in [4.78, 5) is 26.3. The van der Waals surface area contributed by atoms with Crippen LogP contribution in [0.1, 0.15) is 34.5 Å². The smallest absolute Gasteiger partial charge is 0.341 e. The minimum Gasteiger partial charge on any atom is -0.452 e. The Morgan fingerprint density at radius 1 is 1.37 bits per heavy atom. The Hall–Kier alpha value is -1.56. The number of carbonyl (C=O) groups is 2. The molecule has 0 aromatic carbocycles. The molecule has 0 radical (unpaired) electrons. The van der Waals surface area contributed by atoms with Crippen molar-refractivity contribution in [1.82, 2.24) is 4.90 Å². The predicted molar refractivity (Wildman–Crippen MR) is 74.2 cm³/mol. The zero-order valence-corrected chi connectivity index (χ0v) is 11.8. The summed E-state index contributed by atoms with van der Waals surface area (Å²) in [6.45, 7) is 3.19. The molecule has 6 heteroatoms. The summed E-state index contributed by atoms with van der Waals surface area (Å²) in [5, 5.41) is 0.438. The molecule has 19 heavy (non-hydrogen) atoms. The zero-order chi connectivity index (χ0) is 13.8. The third-order valence-corrected chi connectivity index (χ3v) is 4.02. The van der Waals surface area contributed by atoms with Crippen molar-refractivity contribution in [2.45, 2.75) is 26.2 Å². The number of nitrogens with two attached hydrogens (primary N) is 1. The number of aryl methyl sites for hydroxylation is 1. The summed E-state index contributed by atoms with van der Waals surface area (Å²) < 4.78 is 5.03. The summed E-state index contributed by atoms with van der Waals surface area (Å²) in [5.74, 6) is -0.647. The third-order valence-electron chi connectivity index (χ3n) is 3.14. The van der Waals surface area contributed by atoms with Crippen LogP contribution in [0, 0.1) is 6.92 Å². The van der Waals surface area contributed by atoms with Gasteiger partial charge in [-0.2, -0.15) is 0 Å². The molecule has 0 saturated carbocycles. The topological polar surface area (TPSA) is 72.6 Å². The first-order valence-electron chi connectivity index (χ1n) is 6.38. The molecular weight excluding hydrogens is 264 g/mol. The predicted octanol–water partition coefficient (Wildman–Crippen LogP) is 1.81. The SMILES string of the molecule is Cc1cc(C(=O)OCC(=O)N2CCCCC2)c(N)s1. The second kappa shape index (κ2) is 6.06. The van der Waals surface area contributed by atoms with Crippen molar-refractivity contribution in [3.63, 3.8) is 0 Å². The molecular formula is C13H18N2O3S. The van der Waals surface area contributed by atoms with E-state index in [1.807, 2.05) is 6.92 Å². The van der Waals surface area contributed by atoms with Gasteiger partial charge in [0, 0.05) is 18.0 Å². The molecule has 0 unspecified atom stereocenters. The number of hydrogen-bond donors (Lipinski definition) is 1. The fourth-order valence-corrected chi connectivity index (χ4v) is 2.91. The van der Waals surface area contributed by atoms with Crippen molar-refractivity contribution in [3.05, 3.63) is 16.5 Å². The highest BCUT2D eigenvalue weighted by Crippen LogP contribution is 2.24. The van der Waals surface area contributed by atoms with E-state index in [0.717, 1.165) is 37.2 Å². The number of thiophene rings is 1.